The van der Waals surface area contributed by atoms with E-state index in [1.54, 1.807) is 20.8 Å². The summed E-state index contributed by atoms with van der Waals surface area (Å²) in [7, 11) is 0. The number of amides is 1. The maximum absolute atomic E-state index is 11.4. The first kappa shape index (κ1) is 11.5. The van der Waals surface area contributed by atoms with E-state index in [2.05, 4.69) is 15.9 Å². The molecule has 0 aromatic carbocycles. The molecule has 1 amide bonds. The lowest BCUT2D eigenvalue weighted by atomic mass is 9.97. The highest BCUT2D eigenvalue weighted by molar-refractivity contribution is 9.09. The van der Waals surface area contributed by atoms with Crippen molar-refractivity contribution in [1.29, 1.82) is 0 Å². The number of halogens is 1. The molecular weight excluding hydrogens is 250 g/mol. The van der Waals surface area contributed by atoms with Gasteiger partial charge in [-0.05, 0) is 20.8 Å². The molecule has 0 aromatic heterocycles. The summed E-state index contributed by atoms with van der Waals surface area (Å²) in [5.41, 5.74) is -0.577. The van der Waals surface area contributed by atoms with Crippen LogP contribution in [-0.2, 0) is 14.4 Å². The summed E-state index contributed by atoms with van der Waals surface area (Å²) < 4.78 is 0. The highest BCUT2D eigenvalue weighted by Crippen LogP contribution is 2.24. The molecule has 1 atom stereocenters. The van der Waals surface area contributed by atoms with E-state index in [0.29, 0.717) is 11.8 Å². The fourth-order valence-electron chi connectivity index (χ4n) is 0.935. The van der Waals surface area contributed by atoms with Gasteiger partial charge >= 0.3 is 5.97 Å². The average molecular weight is 264 g/mol. The molecule has 0 aromatic rings. The van der Waals surface area contributed by atoms with Gasteiger partial charge in [0.25, 0.3) is 5.91 Å². The Morgan fingerprint density at radius 3 is 2.57 bits per heavy atom. The lowest BCUT2D eigenvalue weighted by Gasteiger charge is -2.37. The molecular formula is C9H14BrNO3. The number of β-lactam (4-membered cyclic amide) rings is 1. The van der Waals surface area contributed by atoms with Crippen LogP contribution in [0.25, 0.3) is 0 Å². The number of hydroxylamine groups is 2. The molecule has 0 radical (unpaired) electrons. The van der Waals surface area contributed by atoms with Crippen LogP contribution in [0.3, 0.4) is 0 Å². The zero-order valence-corrected chi connectivity index (χ0v) is 10.1. The van der Waals surface area contributed by atoms with Gasteiger partial charge in [0.05, 0.1) is 17.9 Å². The summed E-state index contributed by atoms with van der Waals surface area (Å²) >= 11 is 3.25. The van der Waals surface area contributed by atoms with Crippen LogP contribution in [0.5, 0.6) is 0 Å². The van der Waals surface area contributed by atoms with Crippen molar-refractivity contribution in [3.63, 3.8) is 0 Å². The van der Waals surface area contributed by atoms with Crippen LogP contribution in [0, 0.1) is 5.41 Å². The van der Waals surface area contributed by atoms with E-state index in [1.165, 1.54) is 0 Å². The molecule has 14 heavy (non-hydrogen) atoms. The number of carbonyl (C=O) groups is 2. The van der Waals surface area contributed by atoms with E-state index in [9.17, 15) is 9.59 Å². The number of hydrogen-bond donors (Lipinski definition) is 0. The van der Waals surface area contributed by atoms with Crippen LogP contribution in [-0.4, -0.2) is 28.3 Å². The predicted molar refractivity (Wildman–Crippen MR) is 54.6 cm³/mol. The number of alkyl halides is 1. The van der Waals surface area contributed by atoms with Crippen LogP contribution in [0.1, 0.15) is 27.2 Å². The Balaban J connectivity index is 2.52. The first-order valence-electron chi connectivity index (χ1n) is 4.46. The molecule has 1 fully saturated rings. The molecule has 1 aliphatic rings. The van der Waals surface area contributed by atoms with Gasteiger partial charge in [-0.2, -0.15) is 5.06 Å². The van der Waals surface area contributed by atoms with Gasteiger partial charge in [0, 0.05) is 5.33 Å². The molecule has 0 N–H and O–H groups in total. The zero-order chi connectivity index (χ0) is 10.9. The number of carbonyl (C=O) groups excluding carboxylic acids is 2. The van der Waals surface area contributed by atoms with Crippen molar-refractivity contribution in [3.05, 3.63) is 0 Å². The Morgan fingerprint density at radius 1 is 1.64 bits per heavy atom. The maximum Gasteiger partial charge on any atom is 0.337 e. The largest absolute Gasteiger partial charge is 0.337 e. The van der Waals surface area contributed by atoms with Gasteiger partial charge in [0.2, 0.25) is 0 Å². The minimum atomic E-state index is -0.577. The van der Waals surface area contributed by atoms with Crippen molar-refractivity contribution in [3.8, 4) is 0 Å². The van der Waals surface area contributed by atoms with Crippen molar-refractivity contribution in [2.75, 3.05) is 5.33 Å². The third kappa shape index (κ3) is 2.26. The molecule has 0 bridgehead atoms. The molecule has 5 heteroatoms. The number of hydrogen-bond acceptors (Lipinski definition) is 3. The summed E-state index contributed by atoms with van der Waals surface area (Å²) in [6.07, 6.45) is 0.447. The Bertz CT molecular complexity index is 259. The van der Waals surface area contributed by atoms with E-state index in [1.807, 2.05) is 0 Å². The Kier molecular flexibility index (Phi) is 3.19. The molecule has 1 aliphatic heterocycles. The topological polar surface area (TPSA) is 46.6 Å². The smallest absolute Gasteiger partial charge is 0.337 e. The summed E-state index contributed by atoms with van der Waals surface area (Å²) in [6.45, 7) is 5.26. The first-order valence-corrected chi connectivity index (χ1v) is 5.59. The van der Waals surface area contributed by atoms with E-state index in [-0.39, 0.29) is 17.9 Å². The lowest BCUT2D eigenvalue weighted by Crippen LogP contribution is -2.55. The predicted octanol–water partition coefficient (Wildman–Crippen LogP) is 1.49. The molecule has 1 unspecified atom stereocenters. The van der Waals surface area contributed by atoms with E-state index < -0.39 is 5.41 Å². The second-order valence-electron chi connectivity index (χ2n) is 4.36. The maximum atomic E-state index is 11.4. The van der Waals surface area contributed by atoms with Gasteiger partial charge in [-0.3, -0.25) is 4.79 Å². The fourth-order valence-corrected chi connectivity index (χ4v) is 1.43. The van der Waals surface area contributed by atoms with Gasteiger partial charge < -0.3 is 4.84 Å². The number of nitrogens with zero attached hydrogens (tertiary/aromatic N) is 1. The highest BCUT2D eigenvalue weighted by Gasteiger charge is 2.40. The van der Waals surface area contributed by atoms with Crippen LogP contribution in [0.4, 0.5) is 0 Å². The molecule has 1 saturated heterocycles. The minimum absolute atomic E-state index is 0.00574. The van der Waals surface area contributed by atoms with Crippen LogP contribution < -0.4 is 0 Å². The quantitative estimate of drug-likeness (QED) is 0.560. The minimum Gasteiger partial charge on any atom is -0.337 e. The Morgan fingerprint density at radius 2 is 2.21 bits per heavy atom. The van der Waals surface area contributed by atoms with Crippen molar-refractivity contribution >= 4 is 27.8 Å². The van der Waals surface area contributed by atoms with Gasteiger partial charge in [-0.15, -0.1) is 0 Å². The van der Waals surface area contributed by atoms with Crippen molar-refractivity contribution in [2.24, 2.45) is 5.41 Å². The molecule has 0 aliphatic carbocycles. The lowest BCUT2D eigenvalue weighted by molar-refractivity contribution is -0.229. The SMILES string of the molecule is CC(C)(C)C(=O)ON1C(=O)CC1CBr. The molecule has 4 nitrogen and oxygen atoms in total. The second kappa shape index (κ2) is 3.88. The summed E-state index contributed by atoms with van der Waals surface area (Å²) in [4.78, 5) is 27.5. The Hall–Kier alpha value is -0.580. The fraction of sp³-hybridized carbons (Fsp3) is 0.778. The third-order valence-corrected chi connectivity index (χ3v) is 2.71. The molecule has 80 valence electrons. The zero-order valence-electron chi connectivity index (χ0n) is 8.54. The molecule has 0 saturated carbocycles. The Labute approximate surface area is 91.7 Å². The summed E-state index contributed by atoms with van der Waals surface area (Å²) in [6, 6.07) is -0.00574. The monoisotopic (exact) mass is 263 g/mol. The normalized spacial score (nSPS) is 21.9. The van der Waals surface area contributed by atoms with E-state index in [0.717, 1.165) is 5.06 Å². The highest BCUT2D eigenvalue weighted by atomic mass is 79.9. The van der Waals surface area contributed by atoms with Gasteiger partial charge in [-0.25, -0.2) is 4.79 Å². The molecule has 1 rings (SSSR count). The van der Waals surface area contributed by atoms with E-state index in [4.69, 9.17) is 4.84 Å². The van der Waals surface area contributed by atoms with Crippen LogP contribution >= 0.6 is 15.9 Å². The standard InChI is InChI=1S/C9H14BrNO3/c1-9(2,3)8(13)14-11-6(5-10)4-7(11)12/h6H,4-5H2,1-3H3. The summed E-state index contributed by atoms with van der Waals surface area (Å²) in [5, 5.41) is 1.79. The van der Waals surface area contributed by atoms with Crippen LogP contribution in [0.15, 0.2) is 0 Å². The van der Waals surface area contributed by atoms with Gasteiger partial charge in [-0.1, -0.05) is 15.9 Å². The van der Waals surface area contributed by atoms with Crippen molar-refractivity contribution in [1.82, 2.24) is 5.06 Å². The first-order chi connectivity index (χ1) is 6.36. The van der Waals surface area contributed by atoms with Gasteiger partial charge in [0.1, 0.15) is 0 Å². The van der Waals surface area contributed by atoms with E-state index >= 15 is 0 Å². The van der Waals surface area contributed by atoms with Gasteiger partial charge in [0.15, 0.2) is 0 Å². The van der Waals surface area contributed by atoms with Crippen molar-refractivity contribution < 1.29 is 14.4 Å². The second-order valence-corrected chi connectivity index (χ2v) is 5.01. The number of rotatable bonds is 2. The molecule has 1 heterocycles. The summed E-state index contributed by atoms with van der Waals surface area (Å²) in [5.74, 6) is -0.511. The average Bonchev–Trinajstić information content (AvgIpc) is 2.07. The van der Waals surface area contributed by atoms with Crippen molar-refractivity contribution in [2.45, 2.75) is 33.2 Å². The van der Waals surface area contributed by atoms with Crippen LogP contribution in [0.2, 0.25) is 0 Å². The molecule has 0 spiro atoms. The third-order valence-electron chi connectivity index (χ3n) is 1.96.